The van der Waals surface area contributed by atoms with Gasteiger partial charge in [0.1, 0.15) is 11.9 Å². The molecule has 0 aromatic heterocycles. The molecule has 1 aliphatic carbocycles. The first-order valence-corrected chi connectivity index (χ1v) is 7.17. The van der Waals surface area contributed by atoms with Gasteiger partial charge in [0.2, 0.25) is 0 Å². The Morgan fingerprint density at radius 2 is 1.83 bits per heavy atom. The Morgan fingerprint density at radius 3 is 2.39 bits per heavy atom. The van der Waals surface area contributed by atoms with Gasteiger partial charge in [-0.3, -0.25) is 0 Å². The molecule has 2 rings (SSSR count). The lowest BCUT2D eigenvalue weighted by atomic mass is 9.95. The highest BCUT2D eigenvalue weighted by Crippen LogP contribution is 2.35. The van der Waals surface area contributed by atoms with E-state index in [2.05, 4.69) is 0 Å². The van der Waals surface area contributed by atoms with Crippen molar-refractivity contribution >= 4 is 6.08 Å². The van der Waals surface area contributed by atoms with Gasteiger partial charge in [-0.25, -0.2) is 0 Å². The highest BCUT2D eigenvalue weighted by atomic mass is 16.7. The second-order valence-electron chi connectivity index (χ2n) is 5.04. The quantitative estimate of drug-likeness (QED) is 0.817. The van der Waals surface area contributed by atoms with Crippen molar-refractivity contribution in [2.45, 2.75) is 11.9 Å². The van der Waals surface area contributed by atoms with Crippen LogP contribution in [-0.2, 0) is 18.9 Å². The Hall–Kier alpha value is -2.08. The van der Waals surface area contributed by atoms with Crippen LogP contribution in [0.5, 0.6) is 5.75 Å². The Kier molecular flexibility index (Phi) is 5.60. The Morgan fingerprint density at radius 1 is 1.09 bits per heavy atom. The number of phenolic OH excluding ortho intramolecular Hbond substituents is 1. The van der Waals surface area contributed by atoms with E-state index in [9.17, 15) is 5.11 Å². The second kappa shape index (κ2) is 7.46. The van der Waals surface area contributed by atoms with E-state index in [-0.39, 0.29) is 5.75 Å². The third-order valence-electron chi connectivity index (χ3n) is 3.78. The third kappa shape index (κ3) is 3.47. The van der Waals surface area contributed by atoms with E-state index < -0.39 is 11.9 Å². The Balaban J connectivity index is 2.33. The van der Waals surface area contributed by atoms with Crippen LogP contribution < -0.4 is 0 Å². The summed E-state index contributed by atoms with van der Waals surface area (Å²) in [6.45, 7) is 0. The Labute approximate surface area is 136 Å². The molecule has 124 valence electrons. The molecular formula is C18H22O5. The number of benzene rings is 1. The van der Waals surface area contributed by atoms with Gasteiger partial charge in [0, 0.05) is 21.3 Å². The summed E-state index contributed by atoms with van der Waals surface area (Å²) < 4.78 is 22.0. The number of allylic oxidation sites excluding steroid dienone is 3. The van der Waals surface area contributed by atoms with Gasteiger partial charge >= 0.3 is 0 Å². The molecule has 0 radical (unpaired) electrons. The summed E-state index contributed by atoms with van der Waals surface area (Å²) >= 11 is 0. The van der Waals surface area contributed by atoms with Crippen LogP contribution in [0.2, 0.25) is 0 Å². The summed E-state index contributed by atoms with van der Waals surface area (Å²) in [5.74, 6) is -0.357. The molecule has 5 heteroatoms. The molecule has 0 saturated heterocycles. The number of ether oxygens (including phenoxy) is 4. The van der Waals surface area contributed by atoms with E-state index in [1.807, 2.05) is 30.4 Å². The number of hydrogen-bond donors (Lipinski definition) is 1. The molecule has 0 amide bonds. The smallest absolute Gasteiger partial charge is 0.258 e. The van der Waals surface area contributed by atoms with Crippen molar-refractivity contribution in [1.29, 1.82) is 0 Å². The molecule has 0 spiro atoms. The van der Waals surface area contributed by atoms with Crippen molar-refractivity contribution < 1.29 is 24.1 Å². The molecule has 1 aromatic rings. The van der Waals surface area contributed by atoms with Gasteiger partial charge in [0.25, 0.3) is 5.79 Å². The first kappa shape index (κ1) is 17.3. The van der Waals surface area contributed by atoms with Gasteiger partial charge in [0.05, 0.1) is 7.11 Å². The van der Waals surface area contributed by atoms with Crippen LogP contribution in [0.1, 0.15) is 5.56 Å². The number of methoxy groups -OCH3 is 4. The molecule has 1 atom stereocenters. The van der Waals surface area contributed by atoms with Gasteiger partial charge in [-0.1, -0.05) is 24.3 Å². The summed E-state index contributed by atoms with van der Waals surface area (Å²) in [6, 6.07) is 7.01. The summed E-state index contributed by atoms with van der Waals surface area (Å²) in [7, 11) is 6.24. The fourth-order valence-corrected chi connectivity index (χ4v) is 2.59. The van der Waals surface area contributed by atoms with Crippen molar-refractivity contribution in [2.75, 3.05) is 28.4 Å². The highest BCUT2D eigenvalue weighted by Gasteiger charge is 2.46. The molecule has 0 aliphatic heterocycles. The minimum absolute atomic E-state index is 0.227. The van der Waals surface area contributed by atoms with E-state index in [1.165, 1.54) is 0 Å². The van der Waals surface area contributed by atoms with Crippen LogP contribution in [0.3, 0.4) is 0 Å². The zero-order valence-electron chi connectivity index (χ0n) is 13.8. The van der Waals surface area contributed by atoms with E-state index in [4.69, 9.17) is 18.9 Å². The zero-order valence-corrected chi connectivity index (χ0v) is 13.8. The van der Waals surface area contributed by atoms with E-state index in [1.54, 1.807) is 46.6 Å². The van der Waals surface area contributed by atoms with E-state index >= 15 is 0 Å². The maximum atomic E-state index is 9.51. The maximum Gasteiger partial charge on any atom is 0.258 e. The summed E-state index contributed by atoms with van der Waals surface area (Å²) in [5, 5.41) is 9.51. The van der Waals surface area contributed by atoms with Crippen molar-refractivity contribution in [3.8, 4) is 5.75 Å². The van der Waals surface area contributed by atoms with Crippen LogP contribution in [-0.4, -0.2) is 45.4 Å². The number of aromatic hydroxyl groups is 1. The van der Waals surface area contributed by atoms with Crippen LogP contribution in [0.25, 0.3) is 6.08 Å². The van der Waals surface area contributed by atoms with Crippen LogP contribution >= 0.6 is 0 Å². The number of hydrogen-bond acceptors (Lipinski definition) is 5. The maximum absolute atomic E-state index is 9.51. The molecule has 0 bridgehead atoms. The zero-order chi connectivity index (χ0) is 16.9. The summed E-state index contributed by atoms with van der Waals surface area (Å²) in [6.07, 6.45) is 7.08. The van der Waals surface area contributed by atoms with Crippen molar-refractivity contribution in [1.82, 2.24) is 0 Å². The topological polar surface area (TPSA) is 57.2 Å². The predicted octanol–water partition coefficient (Wildman–Crippen LogP) is 2.88. The molecule has 1 unspecified atom stereocenters. The van der Waals surface area contributed by atoms with Crippen LogP contribution in [0.4, 0.5) is 0 Å². The van der Waals surface area contributed by atoms with Gasteiger partial charge in [-0.05, 0) is 35.4 Å². The lowest BCUT2D eigenvalue weighted by Crippen LogP contribution is -2.49. The lowest BCUT2D eigenvalue weighted by molar-refractivity contribution is -0.246. The fraction of sp³-hybridized carbons (Fsp3) is 0.333. The molecule has 0 fully saturated rings. The van der Waals surface area contributed by atoms with Gasteiger partial charge in [0.15, 0.2) is 5.76 Å². The fourth-order valence-electron chi connectivity index (χ4n) is 2.59. The molecule has 1 aromatic carbocycles. The predicted molar refractivity (Wildman–Crippen MR) is 87.9 cm³/mol. The lowest BCUT2D eigenvalue weighted by Gasteiger charge is -2.38. The Bertz CT molecular complexity index is 626. The van der Waals surface area contributed by atoms with Crippen LogP contribution in [0, 0.1) is 0 Å². The number of rotatable bonds is 6. The molecule has 23 heavy (non-hydrogen) atoms. The average molecular weight is 318 g/mol. The first-order chi connectivity index (χ1) is 11.1. The van der Waals surface area contributed by atoms with Crippen LogP contribution in [0.15, 0.2) is 53.8 Å². The molecule has 5 nitrogen and oxygen atoms in total. The monoisotopic (exact) mass is 318 g/mol. The second-order valence-corrected chi connectivity index (χ2v) is 5.04. The SMILES string of the molecule is COC1=CC(/C=C\c2cccc(O)c2)=CC(OC)C1(OC)OC. The van der Waals surface area contributed by atoms with Gasteiger partial charge < -0.3 is 24.1 Å². The molecular weight excluding hydrogens is 296 g/mol. The normalized spacial score (nSPS) is 20.3. The van der Waals surface area contributed by atoms with Gasteiger partial charge in [-0.15, -0.1) is 0 Å². The van der Waals surface area contributed by atoms with Crippen molar-refractivity contribution in [3.63, 3.8) is 0 Å². The third-order valence-corrected chi connectivity index (χ3v) is 3.78. The molecule has 0 saturated carbocycles. The minimum atomic E-state index is -1.11. The standard InChI is InChI=1S/C18H22O5/c1-20-16-11-14(9-8-13-6-5-7-15(19)10-13)12-17(21-2)18(16,22-3)23-4/h5-12,16,19H,1-4H3/b9-8-. The van der Waals surface area contributed by atoms with Gasteiger partial charge in [-0.2, -0.15) is 0 Å². The molecule has 0 heterocycles. The van der Waals surface area contributed by atoms with E-state index in [0.717, 1.165) is 11.1 Å². The number of phenols is 1. The molecule has 1 aliphatic rings. The largest absolute Gasteiger partial charge is 0.508 e. The summed E-state index contributed by atoms with van der Waals surface area (Å²) in [4.78, 5) is 0. The highest BCUT2D eigenvalue weighted by molar-refractivity contribution is 5.57. The summed E-state index contributed by atoms with van der Waals surface area (Å²) in [5.41, 5.74) is 1.78. The minimum Gasteiger partial charge on any atom is -0.508 e. The van der Waals surface area contributed by atoms with Crippen molar-refractivity contribution in [2.24, 2.45) is 0 Å². The van der Waals surface area contributed by atoms with E-state index in [0.29, 0.717) is 5.76 Å². The average Bonchev–Trinajstić information content (AvgIpc) is 2.58. The molecule has 1 N–H and O–H groups in total. The van der Waals surface area contributed by atoms with Crippen molar-refractivity contribution in [3.05, 3.63) is 59.4 Å². The first-order valence-electron chi connectivity index (χ1n) is 7.17.